The molecule has 0 bridgehead atoms. The number of ether oxygens (including phenoxy) is 2. The molecule has 0 radical (unpaired) electrons. The Bertz CT molecular complexity index is 699. The lowest BCUT2D eigenvalue weighted by atomic mass is 9.84. The minimum absolute atomic E-state index is 0.0289. The van der Waals surface area contributed by atoms with Crippen molar-refractivity contribution in [2.45, 2.75) is 38.7 Å². The summed E-state index contributed by atoms with van der Waals surface area (Å²) < 4.78 is 11.1. The van der Waals surface area contributed by atoms with E-state index < -0.39 is 0 Å². The zero-order chi connectivity index (χ0) is 18.1. The third-order valence-electron chi connectivity index (χ3n) is 5.72. The number of fused-ring (bicyclic) bond motifs is 1. The number of imide groups is 1. The van der Waals surface area contributed by atoms with Gasteiger partial charge in [-0.1, -0.05) is 12.1 Å². The quantitative estimate of drug-likeness (QED) is 0.895. The van der Waals surface area contributed by atoms with Crippen LogP contribution in [0.1, 0.15) is 30.9 Å². The molecule has 3 heterocycles. The van der Waals surface area contributed by atoms with Crippen LogP contribution in [-0.2, 0) is 22.4 Å². The summed E-state index contributed by atoms with van der Waals surface area (Å²) in [5.41, 5.74) is 2.35. The van der Waals surface area contributed by atoms with E-state index in [4.69, 9.17) is 9.47 Å². The van der Waals surface area contributed by atoms with Crippen LogP contribution in [0, 0.1) is 11.8 Å². The second-order valence-electron chi connectivity index (χ2n) is 7.56. The zero-order valence-electron chi connectivity index (χ0n) is 15.2. The maximum Gasteiger partial charge on any atom is 0.324 e. The van der Waals surface area contributed by atoms with E-state index in [1.807, 2.05) is 12.1 Å². The molecule has 140 valence electrons. The second kappa shape index (κ2) is 7.27. The van der Waals surface area contributed by atoms with Crippen molar-refractivity contribution in [1.29, 1.82) is 0 Å². The van der Waals surface area contributed by atoms with Gasteiger partial charge in [-0.2, -0.15) is 0 Å². The van der Waals surface area contributed by atoms with Crippen LogP contribution in [0.5, 0.6) is 5.75 Å². The lowest BCUT2D eigenvalue weighted by Crippen LogP contribution is -2.57. The average Bonchev–Trinajstić information content (AvgIpc) is 3.01. The maximum atomic E-state index is 12.9. The van der Waals surface area contributed by atoms with Crippen LogP contribution in [0.25, 0.3) is 0 Å². The third kappa shape index (κ3) is 3.43. The summed E-state index contributed by atoms with van der Waals surface area (Å²) in [5.74, 6) is 1.11. The summed E-state index contributed by atoms with van der Waals surface area (Å²) in [6.45, 7) is 4.34. The molecule has 4 rings (SSSR count). The van der Waals surface area contributed by atoms with Crippen LogP contribution in [0.2, 0.25) is 0 Å². The SMILES string of the molecule is CC1Cc2cc(CCN3C(=O)NCC(C4CCOCC4)C3=O)ccc2O1. The van der Waals surface area contributed by atoms with Gasteiger partial charge in [0.1, 0.15) is 11.9 Å². The molecule has 3 aliphatic heterocycles. The molecule has 3 aliphatic rings. The predicted octanol–water partition coefficient (Wildman–Crippen LogP) is 2.15. The molecule has 6 nitrogen and oxygen atoms in total. The third-order valence-corrected chi connectivity index (χ3v) is 5.72. The smallest absolute Gasteiger partial charge is 0.324 e. The van der Waals surface area contributed by atoms with Crippen molar-refractivity contribution in [2.75, 3.05) is 26.3 Å². The van der Waals surface area contributed by atoms with Crippen molar-refractivity contribution in [2.24, 2.45) is 11.8 Å². The van der Waals surface area contributed by atoms with Crippen LogP contribution in [0.3, 0.4) is 0 Å². The topological polar surface area (TPSA) is 67.9 Å². The summed E-state index contributed by atoms with van der Waals surface area (Å²) in [4.78, 5) is 26.5. The van der Waals surface area contributed by atoms with E-state index in [-0.39, 0.29) is 24.0 Å². The van der Waals surface area contributed by atoms with Crippen molar-refractivity contribution < 1.29 is 19.1 Å². The van der Waals surface area contributed by atoms with Crippen molar-refractivity contribution in [3.05, 3.63) is 29.3 Å². The van der Waals surface area contributed by atoms with Crippen LogP contribution in [0.15, 0.2) is 18.2 Å². The molecule has 0 aromatic heterocycles. The van der Waals surface area contributed by atoms with E-state index in [1.54, 1.807) is 0 Å². The highest BCUT2D eigenvalue weighted by Crippen LogP contribution is 2.30. The summed E-state index contributed by atoms with van der Waals surface area (Å²) in [6.07, 6.45) is 3.58. The molecule has 2 unspecified atom stereocenters. The van der Waals surface area contributed by atoms with Crippen LogP contribution in [-0.4, -0.2) is 49.2 Å². The molecule has 1 aromatic carbocycles. The Morgan fingerprint density at radius 3 is 2.85 bits per heavy atom. The number of nitrogens with zero attached hydrogens (tertiary/aromatic N) is 1. The molecule has 6 heteroatoms. The van der Waals surface area contributed by atoms with Crippen molar-refractivity contribution in [1.82, 2.24) is 10.2 Å². The Hall–Kier alpha value is -2.08. The molecule has 1 N–H and O–H groups in total. The Morgan fingerprint density at radius 1 is 1.23 bits per heavy atom. The Morgan fingerprint density at radius 2 is 2.04 bits per heavy atom. The van der Waals surface area contributed by atoms with Crippen LogP contribution in [0.4, 0.5) is 4.79 Å². The number of rotatable bonds is 4. The number of nitrogens with one attached hydrogen (secondary N) is 1. The Labute approximate surface area is 153 Å². The number of carbonyl (C=O) groups excluding carboxylic acids is 2. The molecule has 2 fully saturated rings. The van der Waals surface area contributed by atoms with Crippen LogP contribution < -0.4 is 10.1 Å². The molecule has 26 heavy (non-hydrogen) atoms. The monoisotopic (exact) mass is 358 g/mol. The normalized spacial score (nSPS) is 26.4. The molecular formula is C20H26N2O4. The zero-order valence-corrected chi connectivity index (χ0v) is 15.2. The highest BCUT2D eigenvalue weighted by atomic mass is 16.5. The fourth-order valence-corrected chi connectivity index (χ4v) is 4.25. The van der Waals surface area contributed by atoms with Gasteiger partial charge in [0.15, 0.2) is 0 Å². The number of amides is 3. The predicted molar refractivity (Wildman–Crippen MR) is 96.1 cm³/mol. The van der Waals surface area contributed by atoms with Crippen molar-refractivity contribution in [3.8, 4) is 5.75 Å². The standard InChI is InChI=1S/C20H26N2O4/c1-13-10-16-11-14(2-3-18(16)26-13)4-7-22-19(23)17(12-21-20(22)24)15-5-8-25-9-6-15/h2-3,11,13,15,17H,4-10,12H2,1H3,(H,21,24). The summed E-state index contributed by atoms with van der Waals surface area (Å²) in [7, 11) is 0. The maximum absolute atomic E-state index is 12.9. The van der Waals surface area contributed by atoms with Gasteiger partial charge in [-0.25, -0.2) is 4.79 Å². The fourth-order valence-electron chi connectivity index (χ4n) is 4.25. The lowest BCUT2D eigenvalue weighted by Gasteiger charge is -2.36. The highest BCUT2D eigenvalue weighted by Gasteiger charge is 2.39. The van der Waals surface area contributed by atoms with Gasteiger partial charge in [0.25, 0.3) is 0 Å². The van der Waals surface area contributed by atoms with E-state index in [2.05, 4.69) is 18.3 Å². The first kappa shape index (κ1) is 17.3. The van der Waals surface area contributed by atoms with Gasteiger partial charge in [0, 0.05) is 32.7 Å². The Balaban J connectivity index is 1.41. The molecule has 0 spiro atoms. The van der Waals surface area contributed by atoms with Gasteiger partial charge < -0.3 is 14.8 Å². The summed E-state index contributed by atoms with van der Waals surface area (Å²) in [5, 5.41) is 2.90. The number of hydrogen-bond donors (Lipinski definition) is 1. The van der Waals surface area contributed by atoms with E-state index in [0.717, 1.165) is 30.6 Å². The van der Waals surface area contributed by atoms with Gasteiger partial charge in [-0.3, -0.25) is 9.69 Å². The van der Waals surface area contributed by atoms with E-state index in [1.165, 1.54) is 10.5 Å². The number of carbonyl (C=O) groups is 2. The van der Waals surface area contributed by atoms with Crippen molar-refractivity contribution >= 4 is 11.9 Å². The number of benzene rings is 1. The average molecular weight is 358 g/mol. The molecule has 2 saturated heterocycles. The molecule has 1 aromatic rings. The minimum atomic E-state index is -0.267. The summed E-state index contributed by atoms with van der Waals surface area (Å²) >= 11 is 0. The summed E-state index contributed by atoms with van der Waals surface area (Å²) in [6, 6.07) is 5.90. The highest BCUT2D eigenvalue weighted by molar-refractivity contribution is 5.98. The Kier molecular flexibility index (Phi) is 4.85. The molecule has 0 saturated carbocycles. The molecule has 3 amide bonds. The molecule has 0 aliphatic carbocycles. The van der Waals surface area contributed by atoms with Gasteiger partial charge in [-0.05, 0) is 49.3 Å². The van der Waals surface area contributed by atoms with Gasteiger partial charge >= 0.3 is 6.03 Å². The fraction of sp³-hybridized carbons (Fsp3) is 0.600. The number of urea groups is 1. The largest absolute Gasteiger partial charge is 0.490 e. The first-order chi connectivity index (χ1) is 12.6. The second-order valence-corrected chi connectivity index (χ2v) is 7.56. The minimum Gasteiger partial charge on any atom is -0.490 e. The van der Waals surface area contributed by atoms with Gasteiger partial charge in [0.2, 0.25) is 5.91 Å². The van der Waals surface area contributed by atoms with Gasteiger partial charge in [-0.15, -0.1) is 0 Å². The van der Waals surface area contributed by atoms with Gasteiger partial charge in [0.05, 0.1) is 5.92 Å². The van der Waals surface area contributed by atoms with E-state index in [0.29, 0.717) is 38.6 Å². The lowest BCUT2D eigenvalue weighted by molar-refractivity contribution is -0.137. The van der Waals surface area contributed by atoms with E-state index in [9.17, 15) is 9.59 Å². The first-order valence-electron chi connectivity index (χ1n) is 9.57. The number of hydrogen-bond acceptors (Lipinski definition) is 4. The van der Waals surface area contributed by atoms with E-state index >= 15 is 0 Å². The van der Waals surface area contributed by atoms with Crippen LogP contribution >= 0.6 is 0 Å². The molecule has 2 atom stereocenters. The molecular weight excluding hydrogens is 332 g/mol. The first-order valence-corrected chi connectivity index (χ1v) is 9.57. The van der Waals surface area contributed by atoms with Crippen molar-refractivity contribution in [3.63, 3.8) is 0 Å².